The average molecular weight is 474 g/mol. The summed E-state index contributed by atoms with van der Waals surface area (Å²) in [5, 5.41) is 14.6. The smallest absolute Gasteiger partial charge is 0.224 e. The number of ether oxygens (including phenoxy) is 1. The van der Waals surface area contributed by atoms with Gasteiger partial charge in [-0.2, -0.15) is 10.4 Å². The van der Waals surface area contributed by atoms with Crippen LogP contribution in [0, 0.1) is 11.3 Å². The van der Waals surface area contributed by atoms with Gasteiger partial charge < -0.3 is 10.5 Å². The summed E-state index contributed by atoms with van der Waals surface area (Å²) in [7, 11) is 1.76. The van der Waals surface area contributed by atoms with Crippen molar-refractivity contribution in [3.05, 3.63) is 102 Å². The monoisotopic (exact) mass is 473 g/mol. The number of benzene rings is 1. The van der Waals surface area contributed by atoms with Crippen LogP contribution < -0.4 is 10.5 Å². The second-order valence-corrected chi connectivity index (χ2v) is 8.12. The summed E-state index contributed by atoms with van der Waals surface area (Å²) in [5.41, 5.74) is 10.2. The van der Waals surface area contributed by atoms with Gasteiger partial charge in [0.25, 0.3) is 0 Å². The number of imidazole rings is 1. The van der Waals surface area contributed by atoms with Crippen molar-refractivity contribution in [3.63, 3.8) is 0 Å². The molecule has 5 aromatic rings. The number of aryl methyl sites for hydroxylation is 1. The van der Waals surface area contributed by atoms with Crippen LogP contribution in [-0.2, 0) is 7.05 Å². The van der Waals surface area contributed by atoms with E-state index in [0.29, 0.717) is 28.5 Å². The second kappa shape index (κ2) is 8.48. The predicted octanol–water partition coefficient (Wildman–Crippen LogP) is 3.34. The van der Waals surface area contributed by atoms with E-state index in [2.05, 4.69) is 31.1 Å². The molecule has 0 aliphatic carbocycles. The van der Waals surface area contributed by atoms with Gasteiger partial charge in [-0.05, 0) is 35.9 Å². The number of nitrogens with two attached hydrogens (primary N) is 1. The number of hydrogen-bond acceptors (Lipinski definition) is 8. The lowest BCUT2D eigenvalue weighted by atomic mass is 9.84. The van der Waals surface area contributed by atoms with Gasteiger partial charge in [-0.1, -0.05) is 18.2 Å². The summed E-state index contributed by atoms with van der Waals surface area (Å²) in [6.07, 6.45) is 8.66. The fraction of sp³-hybridized carbons (Fsp3) is 0.0769. The van der Waals surface area contributed by atoms with E-state index in [1.807, 2.05) is 53.2 Å². The maximum Gasteiger partial charge on any atom is 0.224 e. The molecule has 0 saturated carbocycles. The van der Waals surface area contributed by atoms with Gasteiger partial charge in [-0.15, -0.1) is 0 Å². The van der Waals surface area contributed by atoms with Gasteiger partial charge in [0.15, 0.2) is 11.6 Å². The maximum absolute atomic E-state index is 10.0. The van der Waals surface area contributed by atoms with Crippen molar-refractivity contribution in [2.75, 3.05) is 0 Å². The lowest BCUT2D eigenvalue weighted by Crippen LogP contribution is -2.22. The highest BCUT2D eigenvalue weighted by atomic mass is 16.5. The van der Waals surface area contributed by atoms with Gasteiger partial charge in [-0.3, -0.25) is 9.55 Å². The molecule has 1 unspecified atom stereocenters. The molecule has 6 rings (SSSR count). The molecule has 0 amide bonds. The van der Waals surface area contributed by atoms with Gasteiger partial charge in [0.2, 0.25) is 11.8 Å². The molecule has 5 heterocycles. The molecule has 0 fully saturated rings. The van der Waals surface area contributed by atoms with Crippen molar-refractivity contribution in [1.82, 2.24) is 34.3 Å². The van der Waals surface area contributed by atoms with Crippen molar-refractivity contribution >= 4 is 0 Å². The van der Waals surface area contributed by atoms with E-state index in [4.69, 9.17) is 10.5 Å². The van der Waals surface area contributed by atoms with Crippen LogP contribution >= 0.6 is 0 Å². The molecule has 10 heteroatoms. The number of rotatable bonds is 4. The first-order valence-corrected chi connectivity index (χ1v) is 11.1. The van der Waals surface area contributed by atoms with E-state index in [1.165, 1.54) is 0 Å². The molecule has 0 spiro atoms. The van der Waals surface area contributed by atoms with Gasteiger partial charge in [-0.25, -0.2) is 19.6 Å². The van der Waals surface area contributed by atoms with Crippen molar-refractivity contribution in [1.29, 1.82) is 5.26 Å². The highest BCUT2D eigenvalue weighted by Crippen LogP contribution is 2.46. The molecule has 1 aromatic carbocycles. The summed E-state index contributed by atoms with van der Waals surface area (Å²) in [6.45, 7) is 0. The Morgan fingerprint density at radius 3 is 2.44 bits per heavy atom. The molecule has 0 saturated heterocycles. The number of fused-ring (bicyclic) bond motifs is 1. The van der Waals surface area contributed by atoms with Gasteiger partial charge in [0, 0.05) is 43.7 Å². The number of aromatic nitrogens is 7. The number of hydrogen-bond donors (Lipinski definition) is 1. The Morgan fingerprint density at radius 2 is 1.72 bits per heavy atom. The Bertz CT molecular complexity index is 1630. The van der Waals surface area contributed by atoms with E-state index in [9.17, 15) is 5.26 Å². The van der Waals surface area contributed by atoms with E-state index in [1.54, 1.807) is 42.6 Å². The van der Waals surface area contributed by atoms with E-state index in [0.717, 1.165) is 22.8 Å². The second-order valence-electron chi connectivity index (χ2n) is 8.12. The largest absolute Gasteiger partial charge is 0.422 e. The molecule has 1 aliphatic heterocycles. The molecule has 1 atom stereocenters. The fourth-order valence-corrected chi connectivity index (χ4v) is 4.42. The molecule has 36 heavy (non-hydrogen) atoms. The third-order valence-corrected chi connectivity index (χ3v) is 6.02. The first-order chi connectivity index (χ1) is 17.7. The zero-order chi connectivity index (χ0) is 24.6. The number of pyridine rings is 1. The van der Waals surface area contributed by atoms with Crippen LogP contribution in [0.15, 0.2) is 91.0 Å². The van der Waals surface area contributed by atoms with Crippen LogP contribution in [0.2, 0.25) is 0 Å². The molecule has 0 radical (unpaired) electrons. The van der Waals surface area contributed by atoms with E-state index >= 15 is 0 Å². The van der Waals surface area contributed by atoms with Crippen molar-refractivity contribution in [2.24, 2.45) is 12.8 Å². The van der Waals surface area contributed by atoms with Gasteiger partial charge in [0.1, 0.15) is 23.0 Å². The lowest BCUT2D eigenvalue weighted by molar-refractivity contribution is 0.358. The van der Waals surface area contributed by atoms with E-state index in [-0.39, 0.29) is 5.88 Å². The van der Waals surface area contributed by atoms with Crippen LogP contribution in [0.5, 0.6) is 5.88 Å². The molecule has 174 valence electrons. The highest BCUT2D eigenvalue weighted by Gasteiger charge is 2.37. The van der Waals surface area contributed by atoms with Crippen LogP contribution in [0.3, 0.4) is 0 Å². The van der Waals surface area contributed by atoms with Crippen LogP contribution in [0.4, 0.5) is 0 Å². The number of allylic oxidation sites excluding steroid dienone is 1. The summed E-state index contributed by atoms with van der Waals surface area (Å²) < 4.78 is 9.38. The summed E-state index contributed by atoms with van der Waals surface area (Å²) in [4.78, 5) is 17.6. The van der Waals surface area contributed by atoms with Crippen LogP contribution in [0.1, 0.15) is 17.0 Å². The molecule has 1 aliphatic rings. The number of nitrogens with zero attached hydrogens (tertiary/aromatic N) is 8. The standard InChI is InChI=1S/C26H19N9O/c1-34-26-21(22(33-34)24-30-11-4-12-31-24)20(18(15-27)23(28)36-26)16-6-8-17(9-7-16)35-14-13-32-25(35)19-5-2-3-10-29-19/h2-14,20H,28H2,1H3. The topological polar surface area (TPSA) is 133 Å². The third-order valence-electron chi connectivity index (χ3n) is 6.02. The quantitative estimate of drug-likeness (QED) is 0.420. The van der Waals surface area contributed by atoms with Crippen LogP contribution in [-0.4, -0.2) is 34.3 Å². The van der Waals surface area contributed by atoms with Crippen LogP contribution in [0.25, 0.3) is 28.7 Å². The van der Waals surface area contributed by atoms with Crippen molar-refractivity contribution < 1.29 is 4.74 Å². The van der Waals surface area contributed by atoms with Crippen molar-refractivity contribution in [3.8, 4) is 40.7 Å². The molecule has 2 N–H and O–H groups in total. The van der Waals surface area contributed by atoms with E-state index < -0.39 is 5.92 Å². The minimum atomic E-state index is -0.502. The zero-order valence-corrected chi connectivity index (χ0v) is 19.1. The highest BCUT2D eigenvalue weighted by molar-refractivity contribution is 5.67. The maximum atomic E-state index is 10.0. The van der Waals surface area contributed by atoms with Gasteiger partial charge in [0.05, 0.1) is 11.5 Å². The average Bonchev–Trinajstić information content (AvgIpc) is 3.54. The lowest BCUT2D eigenvalue weighted by Gasteiger charge is -2.24. The molecule has 0 bridgehead atoms. The minimum Gasteiger partial charge on any atom is -0.422 e. The fourth-order valence-electron chi connectivity index (χ4n) is 4.42. The predicted molar refractivity (Wildman–Crippen MR) is 130 cm³/mol. The third kappa shape index (κ3) is 3.38. The van der Waals surface area contributed by atoms with Gasteiger partial charge >= 0.3 is 0 Å². The molecular formula is C26H19N9O. The summed E-state index contributed by atoms with van der Waals surface area (Å²) >= 11 is 0. The Kier molecular flexibility index (Phi) is 5.01. The Morgan fingerprint density at radius 1 is 0.944 bits per heavy atom. The Labute approximate surface area is 206 Å². The Hall–Kier alpha value is -5.30. The molecule has 4 aromatic heterocycles. The summed E-state index contributed by atoms with van der Waals surface area (Å²) in [5.74, 6) is 1.17. The minimum absolute atomic E-state index is 0.0506. The Balaban J connectivity index is 1.46. The summed E-state index contributed by atoms with van der Waals surface area (Å²) in [6, 6.07) is 17.5. The number of nitriles is 1. The SMILES string of the molecule is Cn1nc(-c2ncccn2)c2c1OC(N)=C(C#N)C2c1ccc(-n2ccnc2-c2ccccn2)cc1. The molecule has 10 nitrogen and oxygen atoms in total. The molecular weight excluding hydrogens is 454 g/mol. The first kappa shape index (κ1) is 21.2. The van der Waals surface area contributed by atoms with Crippen molar-refractivity contribution in [2.45, 2.75) is 5.92 Å². The normalized spacial score (nSPS) is 14.7. The zero-order valence-electron chi connectivity index (χ0n) is 19.1. The first-order valence-electron chi connectivity index (χ1n) is 11.1.